The van der Waals surface area contributed by atoms with E-state index in [1.165, 1.54) is 13.8 Å². The molecule has 0 bridgehead atoms. The quantitative estimate of drug-likeness (QED) is 0.517. The fraction of sp³-hybridized carbons (Fsp3) is 1.00. The van der Waals surface area contributed by atoms with Gasteiger partial charge < -0.3 is 9.66 Å². The summed E-state index contributed by atoms with van der Waals surface area (Å²) in [4.78, 5) is 0. The molecule has 4 nitrogen and oxygen atoms in total. The fourth-order valence-corrected chi connectivity index (χ4v) is 0.707. The van der Waals surface area contributed by atoms with Gasteiger partial charge in [0, 0.05) is 17.8 Å². The Labute approximate surface area is 56.7 Å². The third-order valence-corrected chi connectivity index (χ3v) is 1.00. The molecule has 0 aliphatic heterocycles. The standard InChI is InChI=1S/C4H11NO3S/c1-4(2,6)3-5-9(7)8/h5-6H,3H2,1-2H3,(H,7,8)/p-1. The largest absolute Gasteiger partial charge is 0.760 e. The summed E-state index contributed by atoms with van der Waals surface area (Å²) >= 11 is -2.27. The zero-order valence-corrected chi connectivity index (χ0v) is 6.20. The van der Waals surface area contributed by atoms with Crippen molar-refractivity contribution < 1.29 is 13.9 Å². The Bertz CT molecular complexity index is 109. The molecule has 0 rings (SSSR count). The molecule has 5 heteroatoms. The van der Waals surface area contributed by atoms with Gasteiger partial charge in [0.2, 0.25) is 0 Å². The van der Waals surface area contributed by atoms with Crippen molar-refractivity contribution in [2.45, 2.75) is 19.4 Å². The van der Waals surface area contributed by atoms with Gasteiger partial charge in [-0.15, -0.1) is 0 Å². The first kappa shape index (κ1) is 9.03. The van der Waals surface area contributed by atoms with Crippen LogP contribution in [0.5, 0.6) is 0 Å². The Morgan fingerprint density at radius 3 is 2.33 bits per heavy atom. The van der Waals surface area contributed by atoms with Crippen molar-refractivity contribution in [3.63, 3.8) is 0 Å². The summed E-state index contributed by atoms with van der Waals surface area (Å²) in [5.41, 5.74) is -0.972. The highest BCUT2D eigenvalue weighted by Gasteiger charge is 2.10. The second-order valence-electron chi connectivity index (χ2n) is 2.37. The normalized spacial score (nSPS) is 15.6. The van der Waals surface area contributed by atoms with Gasteiger partial charge in [-0.2, -0.15) is 0 Å². The van der Waals surface area contributed by atoms with Gasteiger partial charge in [0.05, 0.1) is 5.60 Å². The third-order valence-electron chi connectivity index (χ3n) is 0.623. The molecule has 0 heterocycles. The molecule has 0 spiro atoms. The average Bonchev–Trinajstić information content (AvgIpc) is 1.59. The average molecular weight is 152 g/mol. The van der Waals surface area contributed by atoms with Gasteiger partial charge >= 0.3 is 0 Å². The van der Waals surface area contributed by atoms with Crippen LogP contribution < -0.4 is 4.72 Å². The molecule has 0 radical (unpaired) electrons. The maximum atomic E-state index is 9.82. The van der Waals surface area contributed by atoms with E-state index >= 15 is 0 Å². The van der Waals surface area contributed by atoms with Gasteiger partial charge in [0.1, 0.15) is 0 Å². The highest BCUT2D eigenvalue weighted by atomic mass is 32.2. The van der Waals surface area contributed by atoms with Gasteiger partial charge in [0.15, 0.2) is 0 Å². The number of hydrogen-bond donors (Lipinski definition) is 2. The second kappa shape index (κ2) is 3.26. The Balaban J connectivity index is 3.39. The summed E-state index contributed by atoms with van der Waals surface area (Å²) in [5, 5.41) is 8.93. The van der Waals surface area contributed by atoms with E-state index in [4.69, 9.17) is 5.11 Å². The maximum Gasteiger partial charge on any atom is 0.0725 e. The van der Waals surface area contributed by atoms with Crippen molar-refractivity contribution in [3.05, 3.63) is 0 Å². The SMILES string of the molecule is CC(C)(O)CNS(=O)[O-]. The summed E-state index contributed by atoms with van der Waals surface area (Å²) < 4.78 is 21.7. The number of rotatable bonds is 3. The van der Waals surface area contributed by atoms with Gasteiger partial charge in [-0.25, -0.2) is 4.72 Å². The van der Waals surface area contributed by atoms with Crippen LogP contribution in [0, 0.1) is 0 Å². The number of nitrogens with one attached hydrogen (secondary N) is 1. The molecular formula is C4H10NO3S-. The predicted octanol–water partition coefficient (Wildman–Crippen LogP) is -0.859. The van der Waals surface area contributed by atoms with E-state index < -0.39 is 16.9 Å². The molecular weight excluding hydrogens is 142 g/mol. The molecule has 2 N–H and O–H groups in total. The number of hydrogen-bond acceptors (Lipinski definition) is 3. The van der Waals surface area contributed by atoms with Crippen LogP contribution in [0.3, 0.4) is 0 Å². The molecule has 0 saturated carbocycles. The molecule has 0 saturated heterocycles. The molecule has 0 aliphatic rings. The second-order valence-corrected chi connectivity index (χ2v) is 3.13. The van der Waals surface area contributed by atoms with Crippen molar-refractivity contribution >= 4 is 11.3 Å². The first-order chi connectivity index (χ1) is 3.92. The zero-order chi connectivity index (χ0) is 7.49. The Kier molecular flexibility index (Phi) is 3.27. The fourth-order valence-electron chi connectivity index (χ4n) is 0.236. The highest BCUT2D eigenvalue weighted by Crippen LogP contribution is 1.96. The van der Waals surface area contributed by atoms with Crippen LogP contribution in [0.25, 0.3) is 0 Å². The van der Waals surface area contributed by atoms with Crippen LogP contribution in [-0.4, -0.2) is 26.0 Å². The number of aliphatic hydroxyl groups is 1. The van der Waals surface area contributed by atoms with E-state index in [2.05, 4.69) is 4.72 Å². The molecule has 0 amide bonds. The Hall–Kier alpha value is 0.0300. The summed E-state index contributed by atoms with van der Waals surface area (Å²) in [5.74, 6) is 0. The van der Waals surface area contributed by atoms with Crippen LogP contribution in [-0.2, 0) is 11.3 Å². The van der Waals surface area contributed by atoms with E-state index in [9.17, 15) is 8.76 Å². The molecule has 0 fully saturated rings. The van der Waals surface area contributed by atoms with Gasteiger partial charge in [-0.3, -0.25) is 4.21 Å². The molecule has 0 aromatic carbocycles. The van der Waals surface area contributed by atoms with E-state index in [0.717, 1.165) is 0 Å². The van der Waals surface area contributed by atoms with Crippen molar-refractivity contribution in [1.82, 2.24) is 4.72 Å². The lowest BCUT2D eigenvalue weighted by Gasteiger charge is -2.18. The first-order valence-electron chi connectivity index (χ1n) is 2.47. The predicted molar refractivity (Wildman–Crippen MR) is 33.2 cm³/mol. The molecule has 0 aromatic heterocycles. The van der Waals surface area contributed by atoms with Gasteiger partial charge in [-0.1, -0.05) is 0 Å². The van der Waals surface area contributed by atoms with Gasteiger partial charge in [-0.05, 0) is 13.8 Å². The topological polar surface area (TPSA) is 72.4 Å². The van der Waals surface area contributed by atoms with E-state index in [0.29, 0.717) is 0 Å². The van der Waals surface area contributed by atoms with Crippen LogP contribution in [0.2, 0.25) is 0 Å². The Morgan fingerprint density at radius 2 is 2.22 bits per heavy atom. The van der Waals surface area contributed by atoms with Gasteiger partial charge in [0.25, 0.3) is 0 Å². The van der Waals surface area contributed by atoms with E-state index in [-0.39, 0.29) is 6.54 Å². The van der Waals surface area contributed by atoms with Crippen LogP contribution in [0.15, 0.2) is 0 Å². The summed E-state index contributed by atoms with van der Waals surface area (Å²) in [6, 6.07) is 0. The molecule has 1 unspecified atom stereocenters. The molecule has 56 valence electrons. The van der Waals surface area contributed by atoms with Crippen LogP contribution >= 0.6 is 0 Å². The lowest BCUT2D eigenvalue weighted by molar-refractivity contribution is 0.0855. The molecule has 1 atom stereocenters. The van der Waals surface area contributed by atoms with Crippen molar-refractivity contribution in [2.24, 2.45) is 0 Å². The van der Waals surface area contributed by atoms with Crippen molar-refractivity contribution in [2.75, 3.05) is 6.54 Å². The van der Waals surface area contributed by atoms with E-state index in [1.807, 2.05) is 0 Å². The molecule has 0 aromatic rings. The summed E-state index contributed by atoms with van der Waals surface area (Å²) in [6.45, 7) is 3.09. The summed E-state index contributed by atoms with van der Waals surface area (Å²) in [6.07, 6.45) is 0. The third kappa shape index (κ3) is 8.03. The molecule has 9 heavy (non-hydrogen) atoms. The Morgan fingerprint density at radius 1 is 1.78 bits per heavy atom. The van der Waals surface area contributed by atoms with Crippen molar-refractivity contribution in [3.8, 4) is 0 Å². The summed E-state index contributed by atoms with van der Waals surface area (Å²) in [7, 11) is 0. The van der Waals surface area contributed by atoms with E-state index in [1.54, 1.807) is 0 Å². The minimum absolute atomic E-state index is 0.0448. The van der Waals surface area contributed by atoms with Crippen molar-refractivity contribution in [1.29, 1.82) is 0 Å². The van der Waals surface area contributed by atoms with Crippen LogP contribution in [0.4, 0.5) is 0 Å². The zero-order valence-electron chi connectivity index (χ0n) is 5.38. The minimum Gasteiger partial charge on any atom is -0.760 e. The maximum absolute atomic E-state index is 9.82. The minimum atomic E-state index is -2.27. The monoisotopic (exact) mass is 152 g/mol. The smallest absolute Gasteiger partial charge is 0.0725 e. The lowest BCUT2D eigenvalue weighted by Crippen LogP contribution is -2.35. The van der Waals surface area contributed by atoms with Crippen LogP contribution in [0.1, 0.15) is 13.8 Å². The molecule has 0 aliphatic carbocycles. The lowest BCUT2D eigenvalue weighted by atomic mass is 10.1. The first-order valence-corrected chi connectivity index (χ1v) is 3.54. The highest BCUT2D eigenvalue weighted by molar-refractivity contribution is 7.77.